The van der Waals surface area contributed by atoms with Crippen LogP contribution in [-0.2, 0) is 6.54 Å². The predicted molar refractivity (Wildman–Crippen MR) is 69.8 cm³/mol. The first-order chi connectivity index (χ1) is 7.65. The highest BCUT2D eigenvalue weighted by molar-refractivity contribution is 6.18. The lowest BCUT2D eigenvalue weighted by Crippen LogP contribution is -2.29. The van der Waals surface area contributed by atoms with Crippen LogP contribution in [0.25, 0.3) is 0 Å². The summed E-state index contributed by atoms with van der Waals surface area (Å²) < 4.78 is 0. The minimum Gasteiger partial charge on any atom is -0.297 e. The van der Waals surface area contributed by atoms with Crippen LogP contribution in [0.3, 0.4) is 0 Å². The Morgan fingerprint density at radius 3 is 2.75 bits per heavy atom. The molecule has 0 aromatic carbocycles. The topological polar surface area (TPSA) is 16.1 Å². The molecule has 0 radical (unpaired) electrons. The molecular weight excluding hydrogens is 220 g/mol. The first-order valence-corrected chi connectivity index (χ1v) is 6.40. The molecule has 16 heavy (non-hydrogen) atoms. The molecule has 1 atom stereocenters. The first-order valence-electron chi connectivity index (χ1n) is 5.86. The third kappa shape index (κ3) is 4.50. The average Bonchev–Trinajstić information content (AvgIpc) is 2.28. The molecule has 0 spiro atoms. The molecule has 0 amide bonds. The van der Waals surface area contributed by atoms with Gasteiger partial charge in [-0.1, -0.05) is 19.9 Å². The SMILES string of the molecule is CCN(Cc1cccc(C)n1)CC(C)CCl. The van der Waals surface area contributed by atoms with E-state index in [1.807, 2.05) is 13.0 Å². The van der Waals surface area contributed by atoms with Gasteiger partial charge >= 0.3 is 0 Å². The number of hydrogen-bond acceptors (Lipinski definition) is 2. The summed E-state index contributed by atoms with van der Waals surface area (Å²) in [6, 6.07) is 6.18. The van der Waals surface area contributed by atoms with Crippen LogP contribution >= 0.6 is 11.6 Å². The standard InChI is InChI=1S/C13H21ClN2/c1-4-16(9-11(2)8-14)10-13-7-5-6-12(3)15-13/h5-7,11H,4,8-10H2,1-3H3. The zero-order valence-electron chi connectivity index (χ0n) is 10.4. The second-order valence-corrected chi connectivity index (χ2v) is 4.67. The summed E-state index contributed by atoms with van der Waals surface area (Å²) in [5.41, 5.74) is 2.22. The maximum absolute atomic E-state index is 5.84. The molecule has 3 heteroatoms. The van der Waals surface area contributed by atoms with E-state index in [2.05, 4.69) is 35.9 Å². The van der Waals surface area contributed by atoms with Crippen molar-refractivity contribution in [3.05, 3.63) is 29.6 Å². The molecule has 90 valence electrons. The number of aryl methyl sites for hydroxylation is 1. The van der Waals surface area contributed by atoms with E-state index in [0.717, 1.165) is 36.9 Å². The molecule has 1 aromatic heterocycles. The monoisotopic (exact) mass is 240 g/mol. The Hall–Kier alpha value is -0.600. The van der Waals surface area contributed by atoms with Gasteiger partial charge in [-0.2, -0.15) is 0 Å². The fourth-order valence-corrected chi connectivity index (χ4v) is 1.81. The van der Waals surface area contributed by atoms with Gasteiger partial charge in [0, 0.05) is 24.7 Å². The summed E-state index contributed by atoms with van der Waals surface area (Å²) in [5, 5.41) is 0. The van der Waals surface area contributed by atoms with Crippen molar-refractivity contribution in [2.24, 2.45) is 5.92 Å². The molecular formula is C13H21ClN2. The molecule has 1 rings (SSSR count). The fraction of sp³-hybridized carbons (Fsp3) is 0.615. The van der Waals surface area contributed by atoms with Crippen LogP contribution in [-0.4, -0.2) is 28.9 Å². The molecule has 0 aliphatic carbocycles. The van der Waals surface area contributed by atoms with E-state index in [0.29, 0.717) is 5.92 Å². The van der Waals surface area contributed by atoms with E-state index in [-0.39, 0.29) is 0 Å². The Labute approximate surface area is 104 Å². The lowest BCUT2D eigenvalue weighted by Gasteiger charge is -2.22. The zero-order chi connectivity index (χ0) is 12.0. The quantitative estimate of drug-likeness (QED) is 0.711. The number of alkyl halides is 1. The van der Waals surface area contributed by atoms with Crippen molar-refractivity contribution < 1.29 is 0 Å². The number of hydrogen-bond donors (Lipinski definition) is 0. The molecule has 0 saturated heterocycles. The number of aromatic nitrogens is 1. The van der Waals surface area contributed by atoms with Crippen LogP contribution in [0.4, 0.5) is 0 Å². The smallest absolute Gasteiger partial charge is 0.0547 e. The third-order valence-corrected chi connectivity index (χ3v) is 3.14. The largest absolute Gasteiger partial charge is 0.297 e. The van der Waals surface area contributed by atoms with Gasteiger partial charge in [-0.25, -0.2) is 0 Å². The number of halogens is 1. The van der Waals surface area contributed by atoms with Crippen LogP contribution in [0.15, 0.2) is 18.2 Å². The summed E-state index contributed by atoms with van der Waals surface area (Å²) in [4.78, 5) is 6.90. The highest BCUT2D eigenvalue weighted by Crippen LogP contribution is 2.07. The molecule has 0 bridgehead atoms. The van der Waals surface area contributed by atoms with E-state index in [1.165, 1.54) is 0 Å². The number of rotatable bonds is 6. The van der Waals surface area contributed by atoms with Crippen molar-refractivity contribution in [1.29, 1.82) is 0 Å². The van der Waals surface area contributed by atoms with Crippen molar-refractivity contribution in [2.45, 2.75) is 27.3 Å². The lowest BCUT2D eigenvalue weighted by molar-refractivity contribution is 0.247. The molecule has 0 aliphatic rings. The molecule has 1 aromatic rings. The third-order valence-electron chi connectivity index (χ3n) is 2.61. The van der Waals surface area contributed by atoms with Crippen molar-refractivity contribution in [1.82, 2.24) is 9.88 Å². The van der Waals surface area contributed by atoms with Gasteiger partial charge in [-0.3, -0.25) is 9.88 Å². The Balaban J connectivity index is 2.56. The average molecular weight is 241 g/mol. The summed E-state index contributed by atoms with van der Waals surface area (Å²) >= 11 is 5.84. The van der Waals surface area contributed by atoms with E-state index < -0.39 is 0 Å². The van der Waals surface area contributed by atoms with Gasteiger partial charge in [0.15, 0.2) is 0 Å². The van der Waals surface area contributed by atoms with Crippen molar-refractivity contribution >= 4 is 11.6 Å². The fourth-order valence-electron chi connectivity index (χ4n) is 1.71. The molecule has 0 N–H and O–H groups in total. The van der Waals surface area contributed by atoms with Crippen molar-refractivity contribution in [2.75, 3.05) is 19.0 Å². The predicted octanol–water partition coefficient (Wildman–Crippen LogP) is 3.09. The molecule has 0 aliphatic heterocycles. The first kappa shape index (κ1) is 13.5. The van der Waals surface area contributed by atoms with E-state index >= 15 is 0 Å². The van der Waals surface area contributed by atoms with Gasteiger partial charge in [0.25, 0.3) is 0 Å². The minimum absolute atomic E-state index is 0.534. The van der Waals surface area contributed by atoms with Gasteiger partial charge in [0.2, 0.25) is 0 Å². The van der Waals surface area contributed by atoms with E-state index in [1.54, 1.807) is 0 Å². The lowest BCUT2D eigenvalue weighted by atomic mass is 10.2. The van der Waals surface area contributed by atoms with Gasteiger partial charge in [-0.15, -0.1) is 11.6 Å². The Kier molecular flexibility index (Phi) is 5.78. The van der Waals surface area contributed by atoms with E-state index in [9.17, 15) is 0 Å². The molecule has 2 nitrogen and oxygen atoms in total. The highest BCUT2D eigenvalue weighted by atomic mass is 35.5. The minimum atomic E-state index is 0.534. The van der Waals surface area contributed by atoms with Crippen LogP contribution in [0, 0.1) is 12.8 Å². The van der Waals surface area contributed by atoms with Crippen LogP contribution < -0.4 is 0 Å². The van der Waals surface area contributed by atoms with Gasteiger partial charge in [0.1, 0.15) is 0 Å². The maximum atomic E-state index is 5.84. The Morgan fingerprint density at radius 2 is 2.19 bits per heavy atom. The summed E-state index contributed by atoms with van der Waals surface area (Å²) in [6.07, 6.45) is 0. The zero-order valence-corrected chi connectivity index (χ0v) is 11.2. The Morgan fingerprint density at radius 1 is 1.44 bits per heavy atom. The van der Waals surface area contributed by atoms with Crippen LogP contribution in [0.5, 0.6) is 0 Å². The van der Waals surface area contributed by atoms with Gasteiger partial charge in [0.05, 0.1) is 5.69 Å². The van der Waals surface area contributed by atoms with Crippen LogP contribution in [0.1, 0.15) is 25.2 Å². The number of pyridine rings is 1. The molecule has 1 unspecified atom stereocenters. The molecule has 0 saturated carbocycles. The van der Waals surface area contributed by atoms with Gasteiger partial charge in [-0.05, 0) is 31.5 Å². The second-order valence-electron chi connectivity index (χ2n) is 4.36. The Bertz CT molecular complexity index is 315. The normalized spacial score (nSPS) is 13.1. The van der Waals surface area contributed by atoms with E-state index in [4.69, 9.17) is 11.6 Å². The molecule has 1 heterocycles. The maximum Gasteiger partial charge on any atom is 0.0547 e. The van der Waals surface area contributed by atoms with Crippen LogP contribution in [0.2, 0.25) is 0 Å². The highest BCUT2D eigenvalue weighted by Gasteiger charge is 2.09. The molecule has 0 fully saturated rings. The number of nitrogens with zero attached hydrogens (tertiary/aromatic N) is 2. The van der Waals surface area contributed by atoms with Crippen molar-refractivity contribution in [3.63, 3.8) is 0 Å². The van der Waals surface area contributed by atoms with Gasteiger partial charge < -0.3 is 0 Å². The second kappa shape index (κ2) is 6.87. The summed E-state index contributed by atoms with van der Waals surface area (Å²) in [7, 11) is 0. The summed E-state index contributed by atoms with van der Waals surface area (Å²) in [6.45, 7) is 9.38. The summed E-state index contributed by atoms with van der Waals surface area (Å²) in [5.74, 6) is 1.25. The van der Waals surface area contributed by atoms with Crippen molar-refractivity contribution in [3.8, 4) is 0 Å².